The SMILES string of the molecule is Cc1ccc(C(=O)N(CCO)C2CCCCC2)s1. The van der Waals surface area contributed by atoms with Gasteiger partial charge in [-0.15, -0.1) is 11.3 Å². The summed E-state index contributed by atoms with van der Waals surface area (Å²) in [4.78, 5) is 16.3. The maximum absolute atomic E-state index is 12.5. The van der Waals surface area contributed by atoms with Crippen molar-refractivity contribution in [3.63, 3.8) is 0 Å². The topological polar surface area (TPSA) is 40.5 Å². The highest BCUT2D eigenvalue weighted by Gasteiger charge is 2.26. The Morgan fingerprint density at radius 1 is 1.39 bits per heavy atom. The van der Waals surface area contributed by atoms with Crippen molar-refractivity contribution < 1.29 is 9.90 Å². The van der Waals surface area contributed by atoms with Crippen molar-refractivity contribution in [1.29, 1.82) is 0 Å². The number of aliphatic hydroxyl groups is 1. The van der Waals surface area contributed by atoms with Gasteiger partial charge in [-0.25, -0.2) is 0 Å². The maximum Gasteiger partial charge on any atom is 0.264 e. The largest absolute Gasteiger partial charge is 0.395 e. The van der Waals surface area contributed by atoms with Crippen molar-refractivity contribution in [1.82, 2.24) is 4.90 Å². The molecule has 0 bridgehead atoms. The van der Waals surface area contributed by atoms with E-state index < -0.39 is 0 Å². The van der Waals surface area contributed by atoms with E-state index >= 15 is 0 Å². The van der Waals surface area contributed by atoms with Crippen LogP contribution in [0, 0.1) is 6.92 Å². The molecule has 1 aromatic rings. The van der Waals surface area contributed by atoms with Crippen LogP contribution in [-0.4, -0.2) is 35.1 Å². The van der Waals surface area contributed by atoms with Crippen LogP contribution in [0.2, 0.25) is 0 Å². The lowest BCUT2D eigenvalue weighted by molar-refractivity contribution is 0.0590. The van der Waals surface area contributed by atoms with Crippen LogP contribution in [0.4, 0.5) is 0 Å². The lowest BCUT2D eigenvalue weighted by atomic mass is 9.94. The molecule has 0 aromatic carbocycles. The molecule has 1 heterocycles. The van der Waals surface area contributed by atoms with Gasteiger partial charge < -0.3 is 10.0 Å². The number of rotatable bonds is 4. The monoisotopic (exact) mass is 267 g/mol. The molecule has 0 atom stereocenters. The first-order valence-electron chi connectivity index (χ1n) is 6.70. The molecule has 1 saturated carbocycles. The van der Waals surface area contributed by atoms with Crippen molar-refractivity contribution in [2.75, 3.05) is 13.2 Å². The summed E-state index contributed by atoms with van der Waals surface area (Å²) in [5.41, 5.74) is 0. The number of nitrogens with zero attached hydrogens (tertiary/aromatic N) is 1. The van der Waals surface area contributed by atoms with Crippen LogP contribution in [0.1, 0.15) is 46.7 Å². The molecule has 1 amide bonds. The summed E-state index contributed by atoms with van der Waals surface area (Å²) in [6, 6.07) is 4.20. The van der Waals surface area contributed by atoms with E-state index in [-0.39, 0.29) is 12.5 Å². The molecule has 1 aromatic heterocycles. The third-order valence-electron chi connectivity index (χ3n) is 3.57. The normalized spacial score (nSPS) is 16.8. The van der Waals surface area contributed by atoms with Gasteiger partial charge in [-0.05, 0) is 31.9 Å². The Bertz CT molecular complexity index is 396. The molecule has 18 heavy (non-hydrogen) atoms. The van der Waals surface area contributed by atoms with Gasteiger partial charge in [0.05, 0.1) is 11.5 Å². The van der Waals surface area contributed by atoms with Gasteiger partial charge in [0.1, 0.15) is 0 Å². The number of hydrogen-bond acceptors (Lipinski definition) is 3. The fourth-order valence-corrected chi connectivity index (χ4v) is 3.47. The molecular weight excluding hydrogens is 246 g/mol. The van der Waals surface area contributed by atoms with Crippen molar-refractivity contribution in [2.24, 2.45) is 0 Å². The smallest absolute Gasteiger partial charge is 0.264 e. The average molecular weight is 267 g/mol. The van der Waals surface area contributed by atoms with Gasteiger partial charge in [-0.1, -0.05) is 19.3 Å². The van der Waals surface area contributed by atoms with Gasteiger partial charge in [0.2, 0.25) is 0 Å². The van der Waals surface area contributed by atoms with E-state index in [0.717, 1.165) is 22.6 Å². The summed E-state index contributed by atoms with van der Waals surface area (Å²) in [5.74, 6) is 0.0917. The highest BCUT2D eigenvalue weighted by molar-refractivity contribution is 7.13. The molecule has 0 aliphatic heterocycles. The number of hydrogen-bond donors (Lipinski definition) is 1. The van der Waals surface area contributed by atoms with Gasteiger partial charge >= 0.3 is 0 Å². The molecule has 0 radical (unpaired) electrons. The second-order valence-corrected chi connectivity index (χ2v) is 6.21. The zero-order valence-corrected chi connectivity index (χ0v) is 11.7. The van der Waals surface area contributed by atoms with E-state index in [9.17, 15) is 9.90 Å². The number of thiophene rings is 1. The second-order valence-electron chi connectivity index (χ2n) is 4.92. The fourth-order valence-electron chi connectivity index (χ4n) is 2.64. The van der Waals surface area contributed by atoms with Crippen LogP contribution < -0.4 is 0 Å². The van der Waals surface area contributed by atoms with Gasteiger partial charge in [0, 0.05) is 17.5 Å². The van der Waals surface area contributed by atoms with Gasteiger partial charge in [-0.2, -0.15) is 0 Å². The van der Waals surface area contributed by atoms with Gasteiger partial charge in [0.25, 0.3) is 5.91 Å². The maximum atomic E-state index is 12.5. The summed E-state index contributed by atoms with van der Waals surface area (Å²) in [6.07, 6.45) is 5.83. The first-order chi connectivity index (χ1) is 8.72. The Balaban J connectivity index is 2.10. The van der Waals surface area contributed by atoms with E-state index in [2.05, 4.69) is 0 Å². The van der Waals surface area contributed by atoms with E-state index in [1.165, 1.54) is 19.3 Å². The van der Waals surface area contributed by atoms with Crippen molar-refractivity contribution in [2.45, 2.75) is 45.1 Å². The molecule has 1 aliphatic carbocycles. The highest BCUT2D eigenvalue weighted by atomic mass is 32.1. The van der Waals surface area contributed by atoms with Crippen LogP contribution in [0.15, 0.2) is 12.1 Å². The summed E-state index contributed by atoms with van der Waals surface area (Å²) in [5, 5.41) is 9.18. The Labute approximate surface area is 112 Å². The average Bonchev–Trinajstić information content (AvgIpc) is 2.83. The predicted octanol–water partition coefficient (Wildman–Crippen LogP) is 2.82. The lowest BCUT2D eigenvalue weighted by Crippen LogP contribution is -2.42. The van der Waals surface area contributed by atoms with Crippen molar-refractivity contribution in [3.8, 4) is 0 Å². The van der Waals surface area contributed by atoms with E-state index in [1.54, 1.807) is 11.3 Å². The number of amides is 1. The third-order valence-corrected chi connectivity index (χ3v) is 4.56. The summed E-state index contributed by atoms with van der Waals surface area (Å²) in [6.45, 7) is 2.52. The molecule has 100 valence electrons. The fraction of sp³-hybridized carbons (Fsp3) is 0.643. The van der Waals surface area contributed by atoms with Crippen LogP contribution >= 0.6 is 11.3 Å². The first-order valence-corrected chi connectivity index (χ1v) is 7.52. The van der Waals surface area contributed by atoms with Crippen molar-refractivity contribution >= 4 is 17.2 Å². The minimum atomic E-state index is 0.0482. The molecule has 3 nitrogen and oxygen atoms in total. The summed E-state index contributed by atoms with van der Waals surface area (Å²) >= 11 is 1.54. The standard InChI is InChI=1S/C14H21NO2S/c1-11-7-8-13(18-11)14(17)15(9-10-16)12-5-3-2-4-6-12/h7-8,12,16H,2-6,9-10H2,1H3. The van der Waals surface area contributed by atoms with E-state index in [4.69, 9.17) is 0 Å². The lowest BCUT2D eigenvalue weighted by Gasteiger charge is -2.33. The summed E-state index contributed by atoms with van der Waals surface area (Å²) in [7, 11) is 0. The van der Waals surface area contributed by atoms with Crippen molar-refractivity contribution in [3.05, 3.63) is 21.9 Å². The molecule has 2 rings (SSSR count). The molecule has 0 saturated heterocycles. The zero-order chi connectivity index (χ0) is 13.0. The Morgan fingerprint density at radius 3 is 2.67 bits per heavy atom. The van der Waals surface area contributed by atoms with Gasteiger partial charge in [-0.3, -0.25) is 4.79 Å². The van der Waals surface area contributed by atoms with Crippen LogP contribution in [0.25, 0.3) is 0 Å². The van der Waals surface area contributed by atoms with Crippen LogP contribution in [0.3, 0.4) is 0 Å². The third kappa shape index (κ3) is 3.12. The predicted molar refractivity (Wildman–Crippen MR) is 74.1 cm³/mol. The van der Waals surface area contributed by atoms with Gasteiger partial charge in [0.15, 0.2) is 0 Å². The van der Waals surface area contributed by atoms with E-state index in [0.29, 0.717) is 12.6 Å². The molecule has 1 fully saturated rings. The Hall–Kier alpha value is -0.870. The Kier molecular flexibility index (Phi) is 4.78. The molecule has 1 aliphatic rings. The molecule has 0 spiro atoms. The van der Waals surface area contributed by atoms with Crippen LogP contribution in [0.5, 0.6) is 0 Å². The zero-order valence-electron chi connectivity index (χ0n) is 10.9. The van der Waals surface area contributed by atoms with Crippen LogP contribution in [-0.2, 0) is 0 Å². The minimum absolute atomic E-state index is 0.0482. The number of carbonyl (C=O) groups excluding carboxylic acids is 1. The van der Waals surface area contributed by atoms with E-state index in [1.807, 2.05) is 24.0 Å². The molecular formula is C14H21NO2S. The molecule has 4 heteroatoms. The quantitative estimate of drug-likeness (QED) is 0.911. The Morgan fingerprint density at radius 2 is 2.11 bits per heavy atom. The number of aryl methyl sites for hydroxylation is 1. The summed E-state index contributed by atoms with van der Waals surface area (Å²) < 4.78 is 0. The minimum Gasteiger partial charge on any atom is -0.395 e. The first kappa shape index (κ1) is 13.6. The number of aliphatic hydroxyl groups excluding tert-OH is 1. The number of carbonyl (C=O) groups is 1. The second kappa shape index (κ2) is 6.34. The molecule has 1 N–H and O–H groups in total. The highest BCUT2D eigenvalue weighted by Crippen LogP contribution is 2.25. The molecule has 0 unspecified atom stereocenters.